The molecule has 2 N–H and O–H groups in total. The molecule has 0 spiro atoms. The van der Waals surface area contributed by atoms with E-state index in [2.05, 4.69) is 21.2 Å². The van der Waals surface area contributed by atoms with Crippen molar-refractivity contribution in [1.29, 1.82) is 0 Å². The minimum Gasteiger partial charge on any atom is -0.480 e. The Bertz CT molecular complexity index is 503. The monoisotopic (exact) mass is 342 g/mol. The normalized spacial score (nSPS) is 10.9. The number of nitrogens with zero attached hydrogens (tertiary/aromatic N) is 1. The number of amides is 1. The average Bonchev–Trinajstić information content (AvgIpc) is 2.31. The van der Waals surface area contributed by atoms with Crippen LogP contribution in [0.3, 0.4) is 0 Å². The van der Waals surface area contributed by atoms with Gasteiger partial charge in [-0.3, -0.25) is 14.5 Å². The molecule has 1 aromatic rings. The number of hydrogen-bond acceptors (Lipinski definition) is 3. The van der Waals surface area contributed by atoms with Crippen LogP contribution in [0.2, 0.25) is 0 Å². The largest absolute Gasteiger partial charge is 0.480 e. The Morgan fingerprint density at radius 2 is 2.00 bits per heavy atom. The van der Waals surface area contributed by atoms with Crippen molar-refractivity contribution in [2.75, 3.05) is 18.4 Å². The lowest BCUT2D eigenvalue weighted by molar-refractivity contribution is -0.139. The van der Waals surface area contributed by atoms with Crippen LogP contribution < -0.4 is 5.32 Å². The first-order valence-electron chi connectivity index (χ1n) is 6.31. The highest BCUT2D eigenvalue weighted by molar-refractivity contribution is 9.10. The zero-order chi connectivity index (χ0) is 15.3. The van der Waals surface area contributed by atoms with E-state index < -0.39 is 5.97 Å². The number of carbonyl (C=O) groups is 2. The number of anilines is 1. The summed E-state index contributed by atoms with van der Waals surface area (Å²) in [6, 6.07) is 5.61. The molecule has 1 amide bonds. The SMILES string of the molecule is Cc1ccc(NC(=O)CN(CC(=O)O)C(C)C)c(Br)c1. The molecule has 20 heavy (non-hydrogen) atoms. The van der Waals surface area contributed by atoms with Gasteiger partial charge in [-0.2, -0.15) is 0 Å². The standard InChI is InChI=1S/C14H19BrN2O3/c1-9(2)17(8-14(19)20)7-13(18)16-12-5-4-10(3)6-11(12)15/h4-6,9H,7-8H2,1-3H3,(H,16,18)(H,19,20). The molecule has 1 rings (SSSR count). The number of aliphatic carboxylic acids is 1. The quantitative estimate of drug-likeness (QED) is 0.833. The van der Waals surface area contributed by atoms with Gasteiger partial charge in [-0.05, 0) is 54.4 Å². The summed E-state index contributed by atoms with van der Waals surface area (Å²) in [6.07, 6.45) is 0. The first kappa shape index (κ1) is 16.7. The smallest absolute Gasteiger partial charge is 0.317 e. The number of nitrogens with one attached hydrogen (secondary N) is 1. The lowest BCUT2D eigenvalue weighted by atomic mass is 10.2. The van der Waals surface area contributed by atoms with E-state index in [4.69, 9.17) is 5.11 Å². The summed E-state index contributed by atoms with van der Waals surface area (Å²) in [6.45, 7) is 5.57. The van der Waals surface area contributed by atoms with E-state index in [-0.39, 0.29) is 25.0 Å². The van der Waals surface area contributed by atoms with Gasteiger partial charge in [0.1, 0.15) is 0 Å². The molecular weight excluding hydrogens is 324 g/mol. The molecule has 0 fully saturated rings. The highest BCUT2D eigenvalue weighted by Crippen LogP contribution is 2.23. The van der Waals surface area contributed by atoms with Crippen molar-refractivity contribution in [1.82, 2.24) is 4.90 Å². The van der Waals surface area contributed by atoms with Crippen LogP contribution in [0.4, 0.5) is 5.69 Å². The van der Waals surface area contributed by atoms with Crippen LogP contribution in [0, 0.1) is 6.92 Å². The van der Waals surface area contributed by atoms with Crippen LogP contribution in [-0.2, 0) is 9.59 Å². The van der Waals surface area contributed by atoms with Crippen molar-refractivity contribution in [2.45, 2.75) is 26.8 Å². The second-order valence-corrected chi connectivity index (χ2v) is 5.78. The predicted molar refractivity (Wildman–Crippen MR) is 81.9 cm³/mol. The van der Waals surface area contributed by atoms with Crippen molar-refractivity contribution in [2.24, 2.45) is 0 Å². The van der Waals surface area contributed by atoms with E-state index in [1.165, 1.54) is 0 Å². The first-order chi connectivity index (χ1) is 9.29. The van der Waals surface area contributed by atoms with Gasteiger partial charge in [-0.15, -0.1) is 0 Å². The molecule has 0 saturated heterocycles. The Hall–Kier alpha value is -1.40. The van der Waals surface area contributed by atoms with E-state index in [9.17, 15) is 9.59 Å². The van der Waals surface area contributed by atoms with Crippen LogP contribution in [0.1, 0.15) is 19.4 Å². The third kappa shape index (κ3) is 5.30. The van der Waals surface area contributed by atoms with Crippen molar-refractivity contribution in [3.8, 4) is 0 Å². The fourth-order valence-electron chi connectivity index (χ4n) is 1.69. The first-order valence-corrected chi connectivity index (χ1v) is 7.10. The third-order valence-corrected chi connectivity index (χ3v) is 3.47. The number of carboxylic acid groups (broad SMARTS) is 1. The van der Waals surface area contributed by atoms with Crippen molar-refractivity contribution < 1.29 is 14.7 Å². The molecule has 0 unspecified atom stereocenters. The second kappa shape index (κ2) is 7.40. The lowest BCUT2D eigenvalue weighted by Crippen LogP contribution is -2.41. The molecule has 0 radical (unpaired) electrons. The molecule has 0 aliphatic heterocycles. The number of halogens is 1. The van der Waals surface area contributed by atoms with Crippen LogP contribution >= 0.6 is 15.9 Å². The minimum absolute atomic E-state index is 0.0155. The number of aryl methyl sites for hydroxylation is 1. The summed E-state index contributed by atoms with van der Waals surface area (Å²) >= 11 is 3.39. The zero-order valence-corrected chi connectivity index (χ0v) is 13.4. The van der Waals surface area contributed by atoms with Crippen molar-refractivity contribution >= 4 is 33.5 Å². The van der Waals surface area contributed by atoms with Crippen LogP contribution in [0.15, 0.2) is 22.7 Å². The van der Waals surface area contributed by atoms with Gasteiger partial charge < -0.3 is 10.4 Å². The molecular formula is C14H19BrN2O3. The van der Waals surface area contributed by atoms with Gasteiger partial charge in [-0.1, -0.05) is 6.07 Å². The van der Waals surface area contributed by atoms with E-state index in [0.717, 1.165) is 10.0 Å². The maximum Gasteiger partial charge on any atom is 0.317 e. The van der Waals surface area contributed by atoms with E-state index in [0.29, 0.717) is 5.69 Å². The molecule has 5 nitrogen and oxygen atoms in total. The molecule has 0 aliphatic rings. The minimum atomic E-state index is -0.942. The van der Waals surface area contributed by atoms with Crippen LogP contribution in [-0.4, -0.2) is 41.0 Å². The van der Waals surface area contributed by atoms with Crippen molar-refractivity contribution in [3.05, 3.63) is 28.2 Å². The molecule has 0 heterocycles. The number of carboxylic acids is 1. The predicted octanol–water partition coefficient (Wildman–Crippen LogP) is 2.49. The van der Waals surface area contributed by atoms with Gasteiger partial charge in [0.15, 0.2) is 0 Å². The van der Waals surface area contributed by atoms with Crippen LogP contribution in [0.25, 0.3) is 0 Å². The molecule has 110 valence electrons. The van der Waals surface area contributed by atoms with E-state index >= 15 is 0 Å². The molecule has 6 heteroatoms. The van der Waals surface area contributed by atoms with Crippen LogP contribution in [0.5, 0.6) is 0 Å². The number of benzene rings is 1. The Balaban J connectivity index is 2.68. The third-order valence-electron chi connectivity index (χ3n) is 2.81. The van der Waals surface area contributed by atoms with Gasteiger partial charge in [0, 0.05) is 10.5 Å². The number of hydrogen-bond donors (Lipinski definition) is 2. The van der Waals surface area contributed by atoms with E-state index in [1.807, 2.05) is 39.0 Å². The van der Waals surface area contributed by atoms with Crippen molar-refractivity contribution in [3.63, 3.8) is 0 Å². The Labute approximate surface area is 127 Å². The molecule has 0 bridgehead atoms. The zero-order valence-electron chi connectivity index (χ0n) is 11.8. The number of rotatable bonds is 6. The molecule has 0 aliphatic carbocycles. The highest BCUT2D eigenvalue weighted by atomic mass is 79.9. The van der Waals surface area contributed by atoms with Gasteiger partial charge in [0.05, 0.1) is 18.8 Å². The fraction of sp³-hybridized carbons (Fsp3) is 0.429. The maximum absolute atomic E-state index is 12.0. The van der Waals surface area contributed by atoms with Gasteiger partial charge in [0.25, 0.3) is 0 Å². The Morgan fingerprint density at radius 3 is 2.50 bits per heavy atom. The summed E-state index contributed by atoms with van der Waals surface area (Å²) in [7, 11) is 0. The Kier molecular flexibility index (Phi) is 6.16. The molecule has 1 aromatic carbocycles. The van der Waals surface area contributed by atoms with E-state index in [1.54, 1.807) is 4.90 Å². The van der Waals surface area contributed by atoms with Gasteiger partial charge in [0.2, 0.25) is 5.91 Å². The second-order valence-electron chi connectivity index (χ2n) is 4.92. The van der Waals surface area contributed by atoms with Gasteiger partial charge in [-0.25, -0.2) is 0 Å². The topological polar surface area (TPSA) is 69.6 Å². The fourth-order valence-corrected chi connectivity index (χ4v) is 2.28. The highest BCUT2D eigenvalue weighted by Gasteiger charge is 2.17. The van der Waals surface area contributed by atoms with Gasteiger partial charge >= 0.3 is 5.97 Å². The molecule has 0 aromatic heterocycles. The number of carbonyl (C=O) groups excluding carboxylic acids is 1. The maximum atomic E-state index is 12.0. The molecule has 0 saturated carbocycles. The summed E-state index contributed by atoms with van der Waals surface area (Å²) in [4.78, 5) is 24.3. The summed E-state index contributed by atoms with van der Waals surface area (Å²) < 4.78 is 0.806. The molecule has 0 atom stereocenters. The Morgan fingerprint density at radius 1 is 1.35 bits per heavy atom. The lowest BCUT2D eigenvalue weighted by Gasteiger charge is -2.23. The summed E-state index contributed by atoms with van der Waals surface area (Å²) in [5.41, 5.74) is 1.77. The summed E-state index contributed by atoms with van der Waals surface area (Å²) in [5.74, 6) is -1.17. The average molecular weight is 343 g/mol. The summed E-state index contributed by atoms with van der Waals surface area (Å²) in [5, 5.41) is 11.6.